The molecule has 4 nitrogen and oxygen atoms in total. The molecule has 3 N–H and O–H groups in total. The zero-order chi connectivity index (χ0) is 15.7. The number of hydrogen-bond acceptors (Lipinski definition) is 3. The molecule has 0 aliphatic carbocycles. The molecule has 1 aromatic rings. The van der Waals surface area contributed by atoms with Crippen LogP contribution < -0.4 is 10.6 Å². The number of carbonyl (C=O) groups is 1. The highest BCUT2D eigenvalue weighted by molar-refractivity contribution is 5.87. The summed E-state index contributed by atoms with van der Waals surface area (Å²) in [7, 11) is 0. The Hall–Kier alpha value is -1.39. The summed E-state index contributed by atoms with van der Waals surface area (Å²) in [4.78, 5) is 10.8. The van der Waals surface area contributed by atoms with E-state index >= 15 is 0 Å². The lowest BCUT2D eigenvalue weighted by molar-refractivity contribution is 0.0697. The molecule has 1 heterocycles. The SMILES string of the molecule is CC1(C)CC(NCc2ccc(C(=O)O)cc2)CC(C)(C)N1. The molecule has 116 valence electrons. The molecule has 1 aliphatic heterocycles. The number of benzene rings is 1. The smallest absolute Gasteiger partial charge is 0.335 e. The van der Waals surface area contributed by atoms with Gasteiger partial charge < -0.3 is 15.7 Å². The zero-order valence-corrected chi connectivity index (χ0v) is 13.4. The molecule has 0 atom stereocenters. The summed E-state index contributed by atoms with van der Waals surface area (Å²) in [6.45, 7) is 9.74. The van der Waals surface area contributed by atoms with Crippen molar-refractivity contribution in [3.63, 3.8) is 0 Å². The van der Waals surface area contributed by atoms with Gasteiger partial charge in [0.2, 0.25) is 0 Å². The first-order valence-corrected chi connectivity index (χ1v) is 7.52. The van der Waals surface area contributed by atoms with E-state index in [-0.39, 0.29) is 11.1 Å². The van der Waals surface area contributed by atoms with Crippen molar-refractivity contribution >= 4 is 5.97 Å². The molecule has 1 aromatic carbocycles. The lowest BCUT2D eigenvalue weighted by Crippen LogP contribution is -2.61. The van der Waals surface area contributed by atoms with E-state index < -0.39 is 5.97 Å². The number of aromatic carboxylic acids is 1. The Balaban J connectivity index is 1.94. The van der Waals surface area contributed by atoms with Crippen LogP contribution in [0, 0.1) is 0 Å². The second-order valence-corrected chi connectivity index (χ2v) is 7.38. The molecule has 1 saturated heterocycles. The predicted octanol–water partition coefficient (Wildman–Crippen LogP) is 2.78. The molecular formula is C17H26N2O2. The molecule has 0 amide bonds. The fraction of sp³-hybridized carbons (Fsp3) is 0.588. The second kappa shape index (κ2) is 5.78. The van der Waals surface area contributed by atoms with Crippen LogP contribution in [0.1, 0.15) is 56.5 Å². The largest absolute Gasteiger partial charge is 0.478 e. The number of piperidine rings is 1. The van der Waals surface area contributed by atoms with E-state index in [1.165, 1.54) is 0 Å². The minimum Gasteiger partial charge on any atom is -0.478 e. The van der Waals surface area contributed by atoms with E-state index in [9.17, 15) is 4.79 Å². The fourth-order valence-electron chi connectivity index (χ4n) is 3.49. The van der Waals surface area contributed by atoms with Crippen LogP contribution in [0.2, 0.25) is 0 Å². The highest BCUT2D eigenvalue weighted by atomic mass is 16.4. The van der Waals surface area contributed by atoms with Crippen molar-refractivity contribution in [1.29, 1.82) is 0 Å². The predicted molar refractivity (Wildman–Crippen MR) is 84.6 cm³/mol. The zero-order valence-electron chi connectivity index (χ0n) is 13.4. The molecule has 0 bridgehead atoms. The third-order valence-electron chi connectivity index (χ3n) is 3.99. The van der Waals surface area contributed by atoms with E-state index in [0.29, 0.717) is 11.6 Å². The van der Waals surface area contributed by atoms with Gasteiger partial charge in [0, 0.05) is 23.7 Å². The highest BCUT2D eigenvalue weighted by Gasteiger charge is 2.37. The van der Waals surface area contributed by atoms with Crippen molar-refractivity contribution in [2.45, 2.75) is 64.2 Å². The molecule has 1 aliphatic rings. The topological polar surface area (TPSA) is 61.4 Å². The highest BCUT2D eigenvalue weighted by Crippen LogP contribution is 2.28. The fourth-order valence-corrected chi connectivity index (χ4v) is 3.49. The lowest BCUT2D eigenvalue weighted by atomic mass is 9.79. The van der Waals surface area contributed by atoms with Crippen LogP contribution >= 0.6 is 0 Å². The van der Waals surface area contributed by atoms with Crippen molar-refractivity contribution in [2.24, 2.45) is 0 Å². The van der Waals surface area contributed by atoms with E-state index in [1.807, 2.05) is 12.1 Å². The van der Waals surface area contributed by atoms with E-state index in [2.05, 4.69) is 38.3 Å². The minimum atomic E-state index is -0.878. The molecule has 4 heteroatoms. The van der Waals surface area contributed by atoms with Crippen molar-refractivity contribution in [3.05, 3.63) is 35.4 Å². The molecule has 0 radical (unpaired) electrons. The summed E-state index contributed by atoms with van der Waals surface area (Å²) in [5.74, 6) is -0.878. The Labute approximate surface area is 126 Å². The number of nitrogens with one attached hydrogen (secondary N) is 2. The molecule has 1 fully saturated rings. The maximum atomic E-state index is 10.8. The van der Waals surface area contributed by atoms with Crippen LogP contribution in [0.15, 0.2) is 24.3 Å². The third kappa shape index (κ3) is 4.55. The summed E-state index contributed by atoms with van der Waals surface area (Å²) in [5, 5.41) is 16.2. The summed E-state index contributed by atoms with van der Waals surface area (Å²) in [6.07, 6.45) is 2.17. The maximum Gasteiger partial charge on any atom is 0.335 e. The standard InChI is InChI=1S/C17H26N2O2/c1-16(2)9-14(10-17(3,4)19-16)18-11-12-5-7-13(8-6-12)15(20)21/h5-8,14,18-19H,9-11H2,1-4H3,(H,20,21). The van der Waals surface area contributed by atoms with Gasteiger partial charge >= 0.3 is 5.97 Å². The van der Waals surface area contributed by atoms with Crippen LogP contribution in [0.5, 0.6) is 0 Å². The van der Waals surface area contributed by atoms with E-state index in [4.69, 9.17) is 5.11 Å². The monoisotopic (exact) mass is 290 g/mol. The van der Waals surface area contributed by atoms with Gasteiger partial charge in [-0.3, -0.25) is 0 Å². The number of carboxylic acids is 1. The van der Waals surface area contributed by atoms with Gasteiger partial charge in [-0.2, -0.15) is 0 Å². The average Bonchev–Trinajstić information content (AvgIpc) is 2.33. The van der Waals surface area contributed by atoms with Crippen LogP contribution in [0.4, 0.5) is 0 Å². The van der Waals surface area contributed by atoms with Crippen molar-refractivity contribution < 1.29 is 9.90 Å². The van der Waals surface area contributed by atoms with E-state index in [0.717, 1.165) is 24.9 Å². The first kappa shape index (κ1) is 16.0. The molecule has 21 heavy (non-hydrogen) atoms. The molecule has 0 unspecified atom stereocenters. The van der Waals surface area contributed by atoms with Gasteiger partial charge in [-0.05, 0) is 58.2 Å². The van der Waals surface area contributed by atoms with Gasteiger partial charge in [-0.1, -0.05) is 12.1 Å². The summed E-state index contributed by atoms with van der Waals surface area (Å²) >= 11 is 0. The number of rotatable bonds is 4. The number of hydrogen-bond donors (Lipinski definition) is 3. The Morgan fingerprint density at radius 1 is 1.19 bits per heavy atom. The Kier molecular flexibility index (Phi) is 4.40. The van der Waals surface area contributed by atoms with Crippen molar-refractivity contribution in [1.82, 2.24) is 10.6 Å². The summed E-state index contributed by atoms with van der Waals surface area (Å²) in [6, 6.07) is 7.56. The van der Waals surface area contributed by atoms with Crippen molar-refractivity contribution in [2.75, 3.05) is 0 Å². The molecule has 0 aromatic heterocycles. The van der Waals surface area contributed by atoms with Crippen LogP contribution in [-0.2, 0) is 6.54 Å². The minimum absolute atomic E-state index is 0.132. The summed E-state index contributed by atoms with van der Waals surface area (Å²) < 4.78 is 0. The van der Waals surface area contributed by atoms with Gasteiger partial charge in [0.05, 0.1) is 5.56 Å². The average molecular weight is 290 g/mol. The van der Waals surface area contributed by atoms with Gasteiger partial charge in [0.15, 0.2) is 0 Å². The van der Waals surface area contributed by atoms with Crippen LogP contribution in [0.25, 0.3) is 0 Å². The molecule has 0 saturated carbocycles. The summed E-state index contributed by atoms with van der Waals surface area (Å²) in [5.41, 5.74) is 1.72. The Morgan fingerprint density at radius 2 is 1.71 bits per heavy atom. The Morgan fingerprint density at radius 3 is 2.19 bits per heavy atom. The normalized spacial score (nSPS) is 21.1. The third-order valence-corrected chi connectivity index (χ3v) is 3.99. The maximum absolute atomic E-state index is 10.8. The molecular weight excluding hydrogens is 264 g/mol. The van der Waals surface area contributed by atoms with Crippen LogP contribution in [0.3, 0.4) is 0 Å². The van der Waals surface area contributed by atoms with E-state index in [1.54, 1.807) is 12.1 Å². The lowest BCUT2D eigenvalue weighted by Gasteiger charge is -2.46. The van der Waals surface area contributed by atoms with Gasteiger partial charge in [-0.15, -0.1) is 0 Å². The first-order valence-electron chi connectivity index (χ1n) is 7.52. The molecule has 0 spiro atoms. The van der Waals surface area contributed by atoms with Gasteiger partial charge in [0.25, 0.3) is 0 Å². The number of carboxylic acid groups (broad SMARTS) is 1. The Bertz CT molecular complexity index is 490. The van der Waals surface area contributed by atoms with Crippen molar-refractivity contribution in [3.8, 4) is 0 Å². The first-order chi connectivity index (χ1) is 9.67. The quantitative estimate of drug-likeness (QED) is 0.798. The van der Waals surface area contributed by atoms with Crippen LogP contribution in [-0.4, -0.2) is 28.2 Å². The second-order valence-electron chi connectivity index (χ2n) is 7.38. The van der Waals surface area contributed by atoms with Gasteiger partial charge in [0.1, 0.15) is 0 Å². The van der Waals surface area contributed by atoms with Gasteiger partial charge in [-0.25, -0.2) is 4.79 Å². The molecule has 2 rings (SSSR count).